The third-order valence-corrected chi connectivity index (χ3v) is 2.25. The topological polar surface area (TPSA) is 53.7 Å². The van der Waals surface area contributed by atoms with Crippen molar-refractivity contribution < 1.29 is 27.4 Å². The first-order chi connectivity index (χ1) is 8.83. The maximum atomic E-state index is 11.8. The molecule has 8 heteroatoms. The van der Waals surface area contributed by atoms with Crippen LogP contribution in [0, 0.1) is 0 Å². The van der Waals surface area contributed by atoms with Gasteiger partial charge in [0.2, 0.25) is 0 Å². The molecule has 0 fully saturated rings. The Labute approximate surface area is 113 Å². The van der Waals surface area contributed by atoms with Crippen molar-refractivity contribution in [2.24, 2.45) is 5.73 Å². The highest BCUT2D eigenvalue weighted by molar-refractivity contribution is 7.80. The van der Waals surface area contributed by atoms with Crippen LogP contribution in [0.2, 0.25) is 0 Å². The van der Waals surface area contributed by atoms with E-state index in [2.05, 4.69) is 4.74 Å². The second kappa shape index (κ2) is 6.58. The van der Waals surface area contributed by atoms with Gasteiger partial charge in [-0.25, -0.2) is 0 Å². The Morgan fingerprint density at radius 3 is 2.53 bits per heavy atom. The van der Waals surface area contributed by atoms with E-state index in [1.54, 1.807) is 6.07 Å². The number of hydrogen-bond acceptors (Lipinski definition) is 4. The summed E-state index contributed by atoms with van der Waals surface area (Å²) in [5.74, 6) is 0.547. The Hall–Kier alpha value is -1.54. The SMILES string of the molecule is COc1cc(C(N)=S)ccc1OCOCC(F)(F)F. The van der Waals surface area contributed by atoms with Crippen LogP contribution in [0.1, 0.15) is 5.56 Å². The minimum Gasteiger partial charge on any atom is -0.493 e. The fourth-order valence-corrected chi connectivity index (χ4v) is 1.33. The number of hydrogen-bond donors (Lipinski definition) is 1. The molecule has 0 heterocycles. The average molecular weight is 295 g/mol. The predicted octanol–water partition coefficient (Wildman–Crippen LogP) is 2.24. The molecule has 0 bridgehead atoms. The van der Waals surface area contributed by atoms with E-state index in [1.165, 1.54) is 19.2 Å². The van der Waals surface area contributed by atoms with Crippen molar-refractivity contribution in [1.82, 2.24) is 0 Å². The average Bonchev–Trinajstić information content (AvgIpc) is 2.33. The Kier molecular flexibility index (Phi) is 5.37. The minimum atomic E-state index is -4.39. The lowest BCUT2D eigenvalue weighted by Crippen LogP contribution is -2.19. The molecule has 0 aliphatic carbocycles. The van der Waals surface area contributed by atoms with E-state index in [9.17, 15) is 13.2 Å². The zero-order valence-electron chi connectivity index (χ0n) is 9.99. The lowest BCUT2D eigenvalue weighted by molar-refractivity contribution is -0.186. The van der Waals surface area contributed by atoms with Gasteiger partial charge in [0.15, 0.2) is 18.3 Å². The molecule has 0 spiro atoms. The second-order valence-corrected chi connectivity index (χ2v) is 3.90. The zero-order valence-corrected chi connectivity index (χ0v) is 10.8. The standard InChI is InChI=1S/C11H12F3NO3S/c1-16-9-4-7(10(15)19)2-3-8(9)18-6-17-5-11(12,13)14/h2-4H,5-6H2,1H3,(H2,15,19). The van der Waals surface area contributed by atoms with E-state index >= 15 is 0 Å². The summed E-state index contributed by atoms with van der Waals surface area (Å²) in [5.41, 5.74) is 6.01. The zero-order chi connectivity index (χ0) is 14.5. The Morgan fingerprint density at radius 1 is 1.32 bits per heavy atom. The summed E-state index contributed by atoms with van der Waals surface area (Å²) in [7, 11) is 1.39. The van der Waals surface area contributed by atoms with E-state index in [0.29, 0.717) is 11.3 Å². The molecule has 1 aromatic rings. The molecule has 0 aliphatic rings. The molecule has 106 valence electrons. The summed E-state index contributed by atoms with van der Waals surface area (Å²) in [6.45, 7) is -1.91. The van der Waals surface area contributed by atoms with Crippen LogP contribution in [0.4, 0.5) is 13.2 Å². The highest BCUT2D eigenvalue weighted by Gasteiger charge is 2.27. The van der Waals surface area contributed by atoms with Gasteiger partial charge in [-0.3, -0.25) is 0 Å². The molecule has 0 unspecified atom stereocenters. The number of rotatable bonds is 6. The number of benzene rings is 1. The monoisotopic (exact) mass is 295 g/mol. The predicted molar refractivity (Wildman–Crippen MR) is 66.4 cm³/mol. The molecule has 1 rings (SSSR count). The molecular weight excluding hydrogens is 283 g/mol. The van der Waals surface area contributed by atoms with E-state index in [4.69, 9.17) is 27.4 Å². The van der Waals surface area contributed by atoms with Crippen LogP contribution < -0.4 is 15.2 Å². The number of thiocarbonyl (C=S) groups is 1. The summed E-state index contributed by atoms with van der Waals surface area (Å²) in [5, 5.41) is 0. The number of halogens is 3. The van der Waals surface area contributed by atoms with Crippen molar-refractivity contribution in [2.75, 3.05) is 20.5 Å². The van der Waals surface area contributed by atoms with Gasteiger partial charge in [0.25, 0.3) is 0 Å². The van der Waals surface area contributed by atoms with Gasteiger partial charge in [0, 0.05) is 5.56 Å². The van der Waals surface area contributed by atoms with E-state index in [0.717, 1.165) is 0 Å². The fourth-order valence-electron chi connectivity index (χ4n) is 1.20. The first-order valence-corrected chi connectivity index (χ1v) is 5.49. The Balaban J connectivity index is 2.61. The van der Waals surface area contributed by atoms with Gasteiger partial charge < -0.3 is 19.9 Å². The first kappa shape index (κ1) is 15.5. The largest absolute Gasteiger partial charge is 0.493 e. The maximum Gasteiger partial charge on any atom is 0.411 e. The summed E-state index contributed by atoms with van der Waals surface area (Å²) in [6.07, 6.45) is -4.39. The number of methoxy groups -OCH3 is 1. The molecule has 0 atom stereocenters. The maximum absolute atomic E-state index is 11.8. The van der Waals surface area contributed by atoms with E-state index < -0.39 is 19.6 Å². The molecule has 0 aromatic heterocycles. The summed E-state index contributed by atoms with van der Waals surface area (Å²) >= 11 is 4.79. The lowest BCUT2D eigenvalue weighted by atomic mass is 10.2. The van der Waals surface area contributed by atoms with Crippen molar-refractivity contribution in [3.63, 3.8) is 0 Å². The van der Waals surface area contributed by atoms with Crippen molar-refractivity contribution in [3.8, 4) is 11.5 Å². The molecule has 19 heavy (non-hydrogen) atoms. The molecule has 0 saturated heterocycles. The number of alkyl halides is 3. The minimum absolute atomic E-state index is 0.179. The van der Waals surface area contributed by atoms with Gasteiger partial charge in [-0.15, -0.1) is 0 Å². The lowest BCUT2D eigenvalue weighted by Gasteiger charge is -2.12. The van der Waals surface area contributed by atoms with Crippen LogP contribution >= 0.6 is 12.2 Å². The third kappa shape index (κ3) is 5.31. The van der Waals surface area contributed by atoms with Crippen molar-refractivity contribution >= 4 is 17.2 Å². The Bertz CT molecular complexity index is 451. The first-order valence-electron chi connectivity index (χ1n) is 5.08. The second-order valence-electron chi connectivity index (χ2n) is 3.46. The third-order valence-electron chi connectivity index (χ3n) is 2.01. The van der Waals surface area contributed by atoms with Crippen LogP contribution in [0.3, 0.4) is 0 Å². The van der Waals surface area contributed by atoms with Gasteiger partial charge >= 0.3 is 6.18 Å². The summed E-state index contributed by atoms with van der Waals surface area (Å²) < 4.78 is 49.9. The van der Waals surface area contributed by atoms with Crippen LogP contribution in [-0.4, -0.2) is 31.7 Å². The fraction of sp³-hybridized carbons (Fsp3) is 0.364. The quantitative estimate of drug-likeness (QED) is 0.495. The normalized spacial score (nSPS) is 11.2. The van der Waals surface area contributed by atoms with E-state index in [-0.39, 0.29) is 10.7 Å². The van der Waals surface area contributed by atoms with Crippen LogP contribution in [0.25, 0.3) is 0 Å². The van der Waals surface area contributed by atoms with Gasteiger partial charge in [-0.2, -0.15) is 13.2 Å². The molecule has 0 amide bonds. The van der Waals surface area contributed by atoms with Crippen molar-refractivity contribution in [2.45, 2.75) is 6.18 Å². The molecular formula is C11H12F3NO3S. The highest BCUT2D eigenvalue weighted by Crippen LogP contribution is 2.28. The number of nitrogens with two attached hydrogens (primary N) is 1. The van der Waals surface area contributed by atoms with Gasteiger partial charge in [-0.1, -0.05) is 12.2 Å². The Morgan fingerprint density at radius 2 is 2.00 bits per heavy atom. The van der Waals surface area contributed by atoms with Crippen molar-refractivity contribution in [1.29, 1.82) is 0 Å². The van der Waals surface area contributed by atoms with Crippen LogP contribution in [0.15, 0.2) is 18.2 Å². The molecule has 2 N–H and O–H groups in total. The summed E-state index contributed by atoms with van der Waals surface area (Å²) in [6, 6.07) is 4.59. The van der Waals surface area contributed by atoms with Gasteiger partial charge in [0.1, 0.15) is 11.6 Å². The van der Waals surface area contributed by atoms with Crippen LogP contribution in [-0.2, 0) is 4.74 Å². The number of ether oxygens (including phenoxy) is 3. The van der Waals surface area contributed by atoms with Crippen LogP contribution in [0.5, 0.6) is 11.5 Å². The molecule has 1 aromatic carbocycles. The van der Waals surface area contributed by atoms with Gasteiger partial charge in [0.05, 0.1) is 7.11 Å². The van der Waals surface area contributed by atoms with Gasteiger partial charge in [-0.05, 0) is 18.2 Å². The molecule has 0 aliphatic heterocycles. The molecule has 0 radical (unpaired) electrons. The molecule has 0 saturated carbocycles. The van der Waals surface area contributed by atoms with E-state index in [1.807, 2.05) is 0 Å². The summed E-state index contributed by atoms with van der Waals surface area (Å²) in [4.78, 5) is 0.179. The van der Waals surface area contributed by atoms with Crippen molar-refractivity contribution in [3.05, 3.63) is 23.8 Å². The smallest absolute Gasteiger partial charge is 0.411 e. The molecule has 4 nitrogen and oxygen atoms in total. The highest BCUT2D eigenvalue weighted by atomic mass is 32.1.